The number of rotatable bonds is 5. The quantitative estimate of drug-likeness (QED) is 0.604. The van der Waals surface area contributed by atoms with Crippen LogP contribution in [0.3, 0.4) is 0 Å². The number of thiol groups is 1. The lowest BCUT2D eigenvalue weighted by molar-refractivity contribution is 0.0649. The third-order valence-corrected chi connectivity index (χ3v) is 3.13. The van der Waals surface area contributed by atoms with Gasteiger partial charge in [-0.25, -0.2) is 4.39 Å². The Morgan fingerprint density at radius 2 is 2.06 bits per heavy atom. The molecule has 100 valence electrons. The van der Waals surface area contributed by atoms with Crippen LogP contribution in [0.2, 0.25) is 0 Å². The van der Waals surface area contributed by atoms with Crippen molar-refractivity contribution >= 4 is 18.5 Å². The van der Waals surface area contributed by atoms with Crippen LogP contribution < -0.4 is 5.32 Å². The summed E-state index contributed by atoms with van der Waals surface area (Å²) in [7, 11) is 0. The topological polar surface area (TPSA) is 69.6 Å². The van der Waals surface area contributed by atoms with Gasteiger partial charge in [-0.05, 0) is 24.6 Å². The van der Waals surface area contributed by atoms with Gasteiger partial charge in [-0.2, -0.15) is 0 Å². The Balaban J connectivity index is 2.97. The molecular weight excluding hydrogens is 257 g/mol. The second-order valence-electron chi connectivity index (χ2n) is 4.07. The normalized spacial score (nSPS) is 11.4. The van der Waals surface area contributed by atoms with Crippen LogP contribution in [0.1, 0.15) is 23.7 Å². The van der Waals surface area contributed by atoms with Crippen molar-refractivity contribution < 1.29 is 19.4 Å². The lowest BCUT2D eigenvalue weighted by atomic mass is 9.97. The molecule has 0 radical (unpaired) electrons. The molecule has 1 rings (SSSR count). The first-order valence-corrected chi connectivity index (χ1v) is 5.95. The van der Waals surface area contributed by atoms with Crippen LogP contribution in [0.4, 0.5) is 4.39 Å². The maximum absolute atomic E-state index is 13.5. The molecule has 0 unspecified atom stereocenters. The van der Waals surface area contributed by atoms with E-state index >= 15 is 0 Å². The fourth-order valence-corrected chi connectivity index (χ4v) is 1.64. The van der Waals surface area contributed by atoms with Crippen molar-refractivity contribution in [2.24, 2.45) is 0 Å². The summed E-state index contributed by atoms with van der Waals surface area (Å²) in [5, 5.41) is 20.9. The zero-order chi connectivity index (χ0) is 13.8. The second-order valence-corrected chi connectivity index (χ2v) is 4.58. The van der Waals surface area contributed by atoms with Crippen LogP contribution in [0, 0.1) is 5.82 Å². The molecular formula is C12H16FNO3S. The summed E-state index contributed by atoms with van der Waals surface area (Å²) in [6, 6.07) is 3.87. The average molecular weight is 273 g/mol. The summed E-state index contributed by atoms with van der Waals surface area (Å²) in [5.74, 6) is -1.36. The summed E-state index contributed by atoms with van der Waals surface area (Å²) >= 11 is 4.03. The Bertz CT molecular complexity index is 427. The zero-order valence-electron chi connectivity index (χ0n) is 9.98. The smallest absolute Gasteiger partial charge is 0.254 e. The number of hydrogen-bond acceptors (Lipinski definition) is 4. The van der Waals surface area contributed by atoms with Gasteiger partial charge < -0.3 is 15.5 Å². The summed E-state index contributed by atoms with van der Waals surface area (Å²) in [4.78, 5) is 12.4. The lowest BCUT2D eigenvalue weighted by Gasteiger charge is -2.29. The summed E-state index contributed by atoms with van der Waals surface area (Å²) in [5.41, 5.74) is -1.31. The maximum Gasteiger partial charge on any atom is 0.254 e. The first kappa shape index (κ1) is 14.9. The number of carbonyl (C=O) groups excluding carboxylic acids is 1. The number of benzene rings is 1. The molecule has 1 amide bonds. The maximum atomic E-state index is 13.5. The highest BCUT2D eigenvalue weighted by atomic mass is 32.1. The lowest BCUT2D eigenvalue weighted by Crippen LogP contribution is -2.53. The Morgan fingerprint density at radius 3 is 2.56 bits per heavy atom. The number of aliphatic hydroxyl groups is 2. The largest absolute Gasteiger partial charge is 0.394 e. The van der Waals surface area contributed by atoms with Crippen molar-refractivity contribution in [3.8, 4) is 0 Å². The molecule has 1 aromatic rings. The summed E-state index contributed by atoms with van der Waals surface area (Å²) in [6.45, 7) is 0.861. The number of carbonyl (C=O) groups is 1. The van der Waals surface area contributed by atoms with Crippen LogP contribution >= 0.6 is 12.6 Å². The van der Waals surface area contributed by atoms with Crippen molar-refractivity contribution in [3.05, 3.63) is 29.6 Å². The molecule has 4 nitrogen and oxygen atoms in total. The Morgan fingerprint density at radius 1 is 1.44 bits per heavy atom. The van der Waals surface area contributed by atoms with E-state index in [1.54, 1.807) is 6.92 Å². The summed E-state index contributed by atoms with van der Waals surface area (Å²) < 4.78 is 13.5. The van der Waals surface area contributed by atoms with Crippen LogP contribution in [-0.4, -0.2) is 34.9 Å². The van der Waals surface area contributed by atoms with E-state index < -0.39 is 30.5 Å². The van der Waals surface area contributed by atoms with Crippen LogP contribution in [0.25, 0.3) is 0 Å². The fraction of sp³-hybridized carbons (Fsp3) is 0.417. The van der Waals surface area contributed by atoms with E-state index in [0.717, 1.165) is 6.07 Å². The van der Waals surface area contributed by atoms with Gasteiger partial charge in [0.2, 0.25) is 0 Å². The molecule has 0 saturated carbocycles. The minimum atomic E-state index is -1.14. The second kappa shape index (κ2) is 6.17. The van der Waals surface area contributed by atoms with Crippen molar-refractivity contribution in [2.45, 2.75) is 23.8 Å². The van der Waals surface area contributed by atoms with Gasteiger partial charge in [0.25, 0.3) is 5.91 Å². The average Bonchev–Trinajstić information content (AvgIpc) is 2.38. The molecule has 0 atom stereocenters. The molecule has 0 saturated heterocycles. The van der Waals surface area contributed by atoms with Crippen molar-refractivity contribution in [1.29, 1.82) is 0 Å². The van der Waals surface area contributed by atoms with Crippen molar-refractivity contribution in [3.63, 3.8) is 0 Å². The van der Waals surface area contributed by atoms with Gasteiger partial charge in [-0.1, -0.05) is 6.92 Å². The predicted molar refractivity (Wildman–Crippen MR) is 68.3 cm³/mol. The highest BCUT2D eigenvalue weighted by Gasteiger charge is 2.29. The molecule has 0 aliphatic heterocycles. The van der Waals surface area contributed by atoms with Gasteiger partial charge in [0.15, 0.2) is 0 Å². The molecule has 0 fully saturated rings. The van der Waals surface area contributed by atoms with Gasteiger partial charge in [-0.3, -0.25) is 4.79 Å². The molecule has 0 spiro atoms. The SMILES string of the molecule is CCC(CO)(CO)NC(=O)c1cc(S)ccc1F. The molecule has 1 aromatic carbocycles. The Kier molecular flexibility index (Phi) is 5.13. The van der Waals surface area contributed by atoms with Crippen LogP contribution in [0.5, 0.6) is 0 Å². The van der Waals surface area contributed by atoms with Gasteiger partial charge in [0.05, 0.1) is 24.3 Å². The van der Waals surface area contributed by atoms with Crippen molar-refractivity contribution in [2.75, 3.05) is 13.2 Å². The number of halogens is 1. The number of amides is 1. The highest BCUT2D eigenvalue weighted by molar-refractivity contribution is 7.80. The minimum Gasteiger partial charge on any atom is -0.394 e. The molecule has 0 heterocycles. The monoisotopic (exact) mass is 273 g/mol. The molecule has 3 N–H and O–H groups in total. The van der Waals surface area contributed by atoms with Gasteiger partial charge >= 0.3 is 0 Å². The molecule has 0 aromatic heterocycles. The standard InChI is InChI=1S/C12H16FNO3S/c1-2-12(6-15,7-16)14-11(17)9-5-8(18)3-4-10(9)13/h3-5,15-16,18H,2,6-7H2,1H3,(H,14,17). The van der Waals surface area contributed by atoms with E-state index in [1.807, 2.05) is 0 Å². The number of hydrogen-bond donors (Lipinski definition) is 4. The van der Waals surface area contributed by atoms with E-state index in [0.29, 0.717) is 11.3 Å². The molecule has 0 aliphatic carbocycles. The molecule has 0 aliphatic rings. The molecule has 0 bridgehead atoms. The van der Waals surface area contributed by atoms with Crippen LogP contribution in [-0.2, 0) is 0 Å². The number of aliphatic hydroxyl groups excluding tert-OH is 2. The Labute approximate surface area is 110 Å². The molecule has 6 heteroatoms. The van der Waals surface area contributed by atoms with E-state index in [4.69, 9.17) is 0 Å². The third kappa shape index (κ3) is 3.22. The fourth-order valence-electron chi connectivity index (χ4n) is 1.44. The third-order valence-electron chi connectivity index (χ3n) is 2.86. The van der Waals surface area contributed by atoms with E-state index in [1.165, 1.54) is 12.1 Å². The highest BCUT2D eigenvalue weighted by Crippen LogP contribution is 2.16. The van der Waals surface area contributed by atoms with E-state index in [-0.39, 0.29) is 5.56 Å². The Hall–Kier alpha value is -1.11. The first-order valence-electron chi connectivity index (χ1n) is 5.50. The van der Waals surface area contributed by atoms with E-state index in [2.05, 4.69) is 17.9 Å². The van der Waals surface area contributed by atoms with E-state index in [9.17, 15) is 19.4 Å². The number of nitrogens with one attached hydrogen (secondary N) is 1. The first-order chi connectivity index (χ1) is 8.48. The predicted octanol–water partition coefficient (Wildman–Crippen LogP) is 0.978. The molecule has 18 heavy (non-hydrogen) atoms. The van der Waals surface area contributed by atoms with Gasteiger partial charge in [0.1, 0.15) is 5.82 Å². The summed E-state index contributed by atoms with van der Waals surface area (Å²) in [6.07, 6.45) is 0.327. The van der Waals surface area contributed by atoms with Gasteiger partial charge in [-0.15, -0.1) is 12.6 Å². The van der Waals surface area contributed by atoms with Crippen molar-refractivity contribution in [1.82, 2.24) is 5.32 Å². The minimum absolute atomic E-state index is 0.165. The van der Waals surface area contributed by atoms with Gasteiger partial charge in [0, 0.05) is 4.90 Å². The van der Waals surface area contributed by atoms with Crippen LogP contribution in [0.15, 0.2) is 23.1 Å². The zero-order valence-corrected chi connectivity index (χ0v) is 10.9.